The monoisotopic (exact) mass is 337 g/mol. The average molecular weight is 337 g/mol. The maximum Gasteiger partial charge on any atom is 0.336 e. The van der Waals surface area contributed by atoms with Crippen LogP contribution in [0.25, 0.3) is 22.1 Å². The zero-order valence-corrected chi connectivity index (χ0v) is 14.1. The van der Waals surface area contributed by atoms with Gasteiger partial charge in [0.05, 0.1) is 6.42 Å². The number of aliphatic carboxylic acids is 1. The van der Waals surface area contributed by atoms with Gasteiger partial charge in [0.1, 0.15) is 5.58 Å². The van der Waals surface area contributed by atoms with Crippen LogP contribution in [0.2, 0.25) is 0 Å². The van der Waals surface area contributed by atoms with Crippen LogP contribution in [0.5, 0.6) is 0 Å². The summed E-state index contributed by atoms with van der Waals surface area (Å²) in [7, 11) is 0. The molecule has 0 amide bonds. The Balaban J connectivity index is 2.06. The zero-order chi connectivity index (χ0) is 18.0. The minimum atomic E-state index is -0.867. The van der Waals surface area contributed by atoms with Crippen molar-refractivity contribution in [3.8, 4) is 11.1 Å². The smallest absolute Gasteiger partial charge is 0.336 e. The molecule has 0 radical (unpaired) electrons. The number of hydrogen-bond donors (Lipinski definition) is 2. The van der Waals surface area contributed by atoms with Crippen LogP contribution >= 0.6 is 0 Å². The Bertz CT molecular complexity index is 990. The Morgan fingerprint density at radius 2 is 1.92 bits per heavy atom. The molecule has 0 fully saturated rings. The molecular weight excluding hydrogens is 318 g/mol. The summed E-state index contributed by atoms with van der Waals surface area (Å²) in [4.78, 5) is 22.8. The fourth-order valence-electron chi connectivity index (χ4n) is 2.95. The number of rotatable bonds is 5. The number of aryl methyl sites for hydroxylation is 1. The van der Waals surface area contributed by atoms with Crippen LogP contribution < -0.4 is 10.9 Å². The summed E-state index contributed by atoms with van der Waals surface area (Å²) >= 11 is 0. The summed E-state index contributed by atoms with van der Waals surface area (Å²) in [6.07, 6.45) is 0.00519. The molecule has 0 saturated carbocycles. The lowest BCUT2D eigenvalue weighted by molar-refractivity contribution is -0.137. The molecular formula is C20H19NO4. The number of carbonyl (C=O) groups is 1. The molecule has 25 heavy (non-hydrogen) atoms. The SMILES string of the molecule is Cc1ccccc1-c1cc(=O)oc2cc(N[C@H](C)CC(=O)O)ccc12. The molecule has 0 spiro atoms. The van der Waals surface area contributed by atoms with E-state index in [0.29, 0.717) is 11.3 Å². The summed E-state index contributed by atoms with van der Waals surface area (Å²) in [6.45, 7) is 3.79. The van der Waals surface area contributed by atoms with Crippen LogP contribution in [0.3, 0.4) is 0 Å². The number of carboxylic acid groups (broad SMARTS) is 1. The first-order valence-electron chi connectivity index (χ1n) is 8.06. The van der Waals surface area contributed by atoms with Crippen molar-refractivity contribution in [2.24, 2.45) is 0 Å². The summed E-state index contributed by atoms with van der Waals surface area (Å²) in [5, 5.41) is 12.8. The molecule has 0 saturated heterocycles. The number of fused-ring (bicyclic) bond motifs is 1. The normalized spacial score (nSPS) is 12.1. The summed E-state index contributed by atoms with van der Waals surface area (Å²) in [5.74, 6) is -0.867. The third-order valence-corrected chi connectivity index (χ3v) is 4.07. The van der Waals surface area contributed by atoms with E-state index in [9.17, 15) is 9.59 Å². The zero-order valence-electron chi connectivity index (χ0n) is 14.1. The molecule has 0 aliphatic carbocycles. The Hall–Kier alpha value is -3.08. The van der Waals surface area contributed by atoms with Gasteiger partial charge in [0.15, 0.2) is 0 Å². The largest absolute Gasteiger partial charge is 0.481 e. The van der Waals surface area contributed by atoms with E-state index in [1.807, 2.05) is 43.3 Å². The highest BCUT2D eigenvalue weighted by Gasteiger charge is 2.12. The molecule has 0 aliphatic heterocycles. The van der Waals surface area contributed by atoms with Crippen LogP contribution in [0.1, 0.15) is 18.9 Å². The highest BCUT2D eigenvalue weighted by Crippen LogP contribution is 2.31. The highest BCUT2D eigenvalue weighted by atomic mass is 16.4. The van der Waals surface area contributed by atoms with Gasteiger partial charge in [-0.1, -0.05) is 24.3 Å². The van der Waals surface area contributed by atoms with Crippen molar-refractivity contribution >= 4 is 22.6 Å². The number of anilines is 1. The molecule has 0 unspecified atom stereocenters. The molecule has 2 N–H and O–H groups in total. The minimum Gasteiger partial charge on any atom is -0.481 e. The Morgan fingerprint density at radius 3 is 2.64 bits per heavy atom. The van der Waals surface area contributed by atoms with Gasteiger partial charge < -0.3 is 14.8 Å². The predicted molar refractivity (Wildman–Crippen MR) is 98.0 cm³/mol. The maximum absolute atomic E-state index is 12.0. The third kappa shape index (κ3) is 3.71. The third-order valence-electron chi connectivity index (χ3n) is 4.07. The standard InChI is InChI=1S/C20H19NO4/c1-12-5-3-4-6-15(12)17-11-20(24)25-18-10-14(7-8-16(17)18)21-13(2)9-19(22)23/h3-8,10-11,13,21H,9H2,1-2H3,(H,22,23)/t13-/m1/s1. The van der Waals surface area contributed by atoms with E-state index in [0.717, 1.165) is 22.1 Å². The fourth-order valence-corrected chi connectivity index (χ4v) is 2.95. The van der Waals surface area contributed by atoms with Gasteiger partial charge in [0.25, 0.3) is 0 Å². The van der Waals surface area contributed by atoms with Gasteiger partial charge in [0, 0.05) is 34.8 Å². The second kappa shape index (κ2) is 6.81. The number of nitrogens with one attached hydrogen (secondary N) is 1. The second-order valence-electron chi connectivity index (χ2n) is 6.15. The molecule has 5 nitrogen and oxygen atoms in total. The fraction of sp³-hybridized carbons (Fsp3) is 0.200. The first-order valence-corrected chi connectivity index (χ1v) is 8.06. The van der Waals surface area contributed by atoms with Crippen molar-refractivity contribution in [1.29, 1.82) is 0 Å². The lowest BCUT2D eigenvalue weighted by atomic mass is 9.98. The van der Waals surface area contributed by atoms with Crippen LogP contribution in [-0.2, 0) is 4.79 Å². The first kappa shape index (κ1) is 16.8. The second-order valence-corrected chi connectivity index (χ2v) is 6.15. The van der Waals surface area contributed by atoms with E-state index in [4.69, 9.17) is 9.52 Å². The number of benzene rings is 2. The van der Waals surface area contributed by atoms with Gasteiger partial charge in [-0.3, -0.25) is 4.79 Å². The van der Waals surface area contributed by atoms with Gasteiger partial charge in [-0.2, -0.15) is 0 Å². The topological polar surface area (TPSA) is 79.5 Å². The van der Waals surface area contributed by atoms with Crippen LogP contribution in [0.15, 0.2) is 57.7 Å². The first-order chi connectivity index (χ1) is 11.9. The molecule has 0 bridgehead atoms. The van der Waals surface area contributed by atoms with Crippen molar-refractivity contribution in [2.75, 3.05) is 5.32 Å². The summed E-state index contributed by atoms with van der Waals surface area (Å²) in [6, 6.07) is 14.6. The van der Waals surface area contributed by atoms with E-state index < -0.39 is 11.6 Å². The van der Waals surface area contributed by atoms with E-state index in [-0.39, 0.29) is 12.5 Å². The molecule has 5 heteroatoms. The number of hydrogen-bond acceptors (Lipinski definition) is 4. The van der Waals surface area contributed by atoms with Crippen LogP contribution in [0.4, 0.5) is 5.69 Å². The van der Waals surface area contributed by atoms with Crippen molar-refractivity contribution in [3.05, 3.63) is 64.5 Å². The van der Waals surface area contributed by atoms with Crippen molar-refractivity contribution < 1.29 is 14.3 Å². The number of carboxylic acids is 1. The predicted octanol–water partition coefficient (Wildman–Crippen LogP) is 4.04. The van der Waals surface area contributed by atoms with E-state index in [2.05, 4.69) is 5.32 Å². The van der Waals surface area contributed by atoms with Crippen molar-refractivity contribution in [2.45, 2.75) is 26.3 Å². The lowest BCUT2D eigenvalue weighted by Gasteiger charge is -2.14. The van der Waals surface area contributed by atoms with Gasteiger partial charge in [0.2, 0.25) is 0 Å². The van der Waals surface area contributed by atoms with Gasteiger partial charge in [-0.05, 0) is 37.1 Å². The summed E-state index contributed by atoms with van der Waals surface area (Å²) in [5.41, 5.74) is 3.66. The van der Waals surface area contributed by atoms with Gasteiger partial charge in [-0.15, -0.1) is 0 Å². The van der Waals surface area contributed by atoms with Gasteiger partial charge >= 0.3 is 11.6 Å². The molecule has 1 aromatic heterocycles. The van der Waals surface area contributed by atoms with Crippen molar-refractivity contribution in [1.82, 2.24) is 0 Å². The molecule has 1 heterocycles. The molecule has 128 valence electrons. The summed E-state index contributed by atoms with van der Waals surface area (Å²) < 4.78 is 5.36. The highest BCUT2D eigenvalue weighted by molar-refractivity contribution is 5.95. The maximum atomic E-state index is 12.0. The Labute approximate surface area is 144 Å². The van der Waals surface area contributed by atoms with E-state index >= 15 is 0 Å². The molecule has 3 aromatic rings. The molecule has 0 aliphatic rings. The molecule has 2 aromatic carbocycles. The van der Waals surface area contributed by atoms with Crippen LogP contribution in [-0.4, -0.2) is 17.1 Å². The molecule has 1 atom stereocenters. The lowest BCUT2D eigenvalue weighted by Crippen LogP contribution is -2.19. The average Bonchev–Trinajstić information content (AvgIpc) is 2.53. The van der Waals surface area contributed by atoms with Crippen LogP contribution in [0, 0.1) is 6.92 Å². The van der Waals surface area contributed by atoms with Gasteiger partial charge in [-0.25, -0.2) is 4.79 Å². The Morgan fingerprint density at radius 1 is 1.16 bits per heavy atom. The quantitative estimate of drug-likeness (QED) is 0.687. The molecule has 3 rings (SSSR count). The van der Waals surface area contributed by atoms with E-state index in [1.54, 1.807) is 13.0 Å². The minimum absolute atomic E-state index is 0.00519. The van der Waals surface area contributed by atoms with E-state index in [1.165, 1.54) is 6.07 Å². The Kier molecular flexibility index (Phi) is 4.57. The van der Waals surface area contributed by atoms with Crippen molar-refractivity contribution in [3.63, 3.8) is 0 Å².